The van der Waals surface area contributed by atoms with E-state index in [0.29, 0.717) is 0 Å². The van der Waals surface area contributed by atoms with E-state index in [1.807, 2.05) is 24.4 Å². The summed E-state index contributed by atoms with van der Waals surface area (Å²) >= 11 is 0. The van der Waals surface area contributed by atoms with Crippen LogP contribution >= 0.6 is 0 Å². The first-order chi connectivity index (χ1) is 8.98. The Morgan fingerprint density at radius 2 is 2.16 bits per heavy atom. The molecule has 3 heteroatoms. The monoisotopic (exact) mass is 257 g/mol. The standard InChI is InChI=1S/C16H23N3/c1-5-13(11-17-16(2,3)4)10-14-12-19-9-7-6-8-15(19)18-14/h6-10,12,17H,5,11H2,1-4H3. The number of imidazole rings is 1. The van der Waals surface area contributed by atoms with Gasteiger partial charge in [-0.25, -0.2) is 4.98 Å². The fourth-order valence-corrected chi connectivity index (χ4v) is 1.89. The van der Waals surface area contributed by atoms with Gasteiger partial charge in [-0.05, 0) is 45.4 Å². The van der Waals surface area contributed by atoms with E-state index in [4.69, 9.17) is 0 Å². The van der Waals surface area contributed by atoms with Crippen LogP contribution < -0.4 is 5.32 Å². The summed E-state index contributed by atoms with van der Waals surface area (Å²) in [6.07, 6.45) is 7.32. The molecule has 2 heterocycles. The van der Waals surface area contributed by atoms with Crippen LogP contribution in [0.1, 0.15) is 39.8 Å². The van der Waals surface area contributed by atoms with Gasteiger partial charge in [0, 0.05) is 24.5 Å². The SMILES string of the molecule is CCC(=Cc1cn2ccccc2n1)CNC(C)(C)C. The molecule has 0 unspecified atom stereocenters. The number of nitrogens with one attached hydrogen (secondary N) is 1. The van der Waals surface area contributed by atoms with E-state index < -0.39 is 0 Å². The zero-order chi connectivity index (χ0) is 13.9. The number of hydrogen-bond acceptors (Lipinski definition) is 2. The molecule has 2 aromatic heterocycles. The van der Waals surface area contributed by atoms with Crippen molar-refractivity contribution in [3.05, 3.63) is 41.9 Å². The Morgan fingerprint density at radius 1 is 1.37 bits per heavy atom. The molecule has 1 N–H and O–H groups in total. The summed E-state index contributed by atoms with van der Waals surface area (Å²) in [4.78, 5) is 4.60. The highest BCUT2D eigenvalue weighted by atomic mass is 15.0. The Labute approximate surface area is 115 Å². The van der Waals surface area contributed by atoms with Crippen LogP contribution in [0.4, 0.5) is 0 Å². The molecule has 0 aliphatic heterocycles. The van der Waals surface area contributed by atoms with Crippen LogP contribution in [0.5, 0.6) is 0 Å². The molecule has 2 aromatic rings. The number of fused-ring (bicyclic) bond motifs is 1. The summed E-state index contributed by atoms with van der Waals surface area (Å²) < 4.78 is 2.05. The molecule has 0 saturated carbocycles. The van der Waals surface area contributed by atoms with E-state index in [0.717, 1.165) is 24.3 Å². The molecule has 0 bridgehead atoms. The molecule has 0 radical (unpaired) electrons. The number of nitrogens with zero attached hydrogens (tertiary/aromatic N) is 2. The van der Waals surface area contributed by atoms with Crippen molar-refractivity contribution in [2.24, 2.45) is 0 Å². The van der Waals surface area contributed by atoms with E-state index in [1.54, 1.807) is 0 Å². The molecule has 0 atom stereocenters. The quantitative estimate of drug-likeness (QED) is 0.908. The maximum Gasteiger partial charge on any atom is 0.137 e. The van der Waals surface area contributed by atoms with Crippen molar-refractivity contribution in [3.8, 4) is 0 Å². The first kappa shape index (κ1) is 13.8. The third-order valence-corrected chi connectivity index (χ3v) is 3.03. The molecule has 3 nitrogen and oxygen atoms in total. The van der Waals surface area contributed by atoms with Crippen molar-refractivity contribution in [1.82, 2.24) is 14.7 Å². The van der Waals surface area contributed by atoms with Crippen LogP contribution in [0.2, 0.25) is 0 Å². The van der Waals surface area contributed by atoms with E-state index in [-0.39, 0.29) is 5.54 Å². The van der Waals surface area contributed by atoms with Crippen molar-refractivity contribution in [2.45, 2.75) is 39.7 Å². The van der Waals surface area contributed by atoms with Crippen molar-refractivity contribution in [3.63, 3.8) is 0 Å². The predicted molar refractivity (Wildman–Crippen MR) is 81.2 cm³/mol. The predicted octanol–water partition coefficient (Wildman–Crippen LogP) is 3.52. The minimum absolute atomic E-state index is 0.146. The number of rotatable bonds is 4. The summed E-state index contributed by atoms with van der Waals surface area (Å²) in [5.41, 5.74) is 3.54. The summed E-state index contributed by atoms with van der Waals surface area (Å²) in [5, 5.41) is 3.52. The van der Waals surface area contributed by atoms with Gasteiger partial charge in [0.25, 0.3) is 0 Å². The number of pyridine rings is 1. The zero-order valence-corrected chi connectivity index (χ0v) is 12.3. The van der Waals surface area contributed by atoms with Crippen LogP contribution in [-0.2, 0) is 0 Å². The van der Waals surface area contributed by atoms with Gasteiger partial charge < -0.3 is 9.72 Å². The Hall–Kier alpha value is -1.61. The summed E-state index contributed by atoms with van der Waals surface area (Å²) in [6, 6.07) is 6.05. The molecule has 0 saturated heterocycles. The van der Waals surface area contributed by atoms with Crippen LogP contribution in [-0.4, -0.2) is 21.5 Å². The van der Waals surface area contributed by atoms with E-state index in [2.05, 4.69) is 54.7 Å². The topological polar surface area (TPSA) is 29.3 Å². The highest BCUT2D eigenvalue weighted by Gasteiger charge is 2.09. The van der Waals surface area contributed by atoms with Gasteiger partial charge in [0.15, 0.2) is 0 Å². The normalized spacial score (nSPS) is 13.2. The zero-order valence-electron chi connectivity index (χ0n) is 12.3. The van der Waals surface area contributed by atoms with Gasteiger partial charge in [-0.1, -0.05) is 18.6 Å². The maximum atomic E-state index is 4.60. The van der Waals surface area contributed by atoms with Crippen LogP contribution in [0.3, 0.4) is 0 Å². The lowest BCUT2D eigenvalue weighted by molar-refractivity contribution is 0.443. The average Bonchev–Trinajstić information content (AvgIpc) is 2.75. The lowest BCUT2D eigenvalue weighted by atomic mass is 10.1. The maximum absolute atomic E-state index is 4.60. The second-order valence-electron chi connectivity index (χ2n) is 5.89. The van der Waals surface area contributed by atoms with Gasteiger partial charge >= 0.3 is 0 Å². The van der Waals surface area contributed by atoms with Gasteiger partial charge in [0.05, 0.1) is 5.69 Å². The molecular weight excluding hydrogens is 234 g/mol. The smallest absolute Gasteiger partial charge is 0.137 e. The van der Waals surface area contributed by atoms with Gasteiger partial charge in [0.2, 0.25) is 0 Å². The molecule has 0 aliphatic rings. The van der Waals surface area contributed by atoms with Crippen molar-refractivity contribution < 1.29 is 0 Å². The molecule has 0 aliphatic carbocycles. The molecule has 19 heavy (non-hydrogen) atoms. The summed E-state index contributed by atoms with van der Waals surface area (Å²) in [7, 11) is 0. The minimum Gasteiger partial charge on any atom is -0.308 e. The minimum atomic E-state index is 0.146. The Kier molecular flexibility index (Phi) is 4.05. The second-order valence-corrected chi connectivity index (χ2v) is 5.89. The molecule has 0 spiro atoms. The highest BCUT2D eigenvalue weighted by Crippen LogP contribution is 2.11. The Balaban J connectivity index is 2.17. The fourth-order valence-electron chi connectivity index (χ4n) is 1.89. The molecule has 0 fully saturated rings. The van der Waals surface area contributed by atoms with Crippen molar-refractivity contribution in [2.75, 3.05) is 6.54 Å². The first-order valence-corrected chi connectivity index (χ1v) is 6.86. The Morgan fingerprint density at radius 3 is 2.79 bits per heavy atom. The van der Waals surface area contributed by atoms with Gasteiger partial charge in [-0.15, -0.1) is 0 Å². The molecule has 2 rings (SSSR count). The number of aromatic nitrogens is 2. The van der Waals surface area contributed by atoms with E-state index in [1.165, 1.54) is 5.57 Å². The molecule has 102 valence electrons. The van der Waals surface area contributed by atoms with Gasteiger partial charge in [-0.3, -0.25) is 0 Å². The second kappa shape index (κ2) is 5.57. The lowest BCUT2D eigenvalue weighted by Gasteiger charge is -2.21. The summed E-state index contributed by atoms with van der Waals surface area (Å²) in [6.45, 7) is 9.65. The lowest BCUT2D eigenvalue weighted by Crippen LogP contribution is -2.36. The third kappa shape index (κ3) is 3.93. The first-order valence-electron chi connectivity index (χ1n) is 6.86. The molecular formula is C16H23N3. The van der Waals surface area contributed by atoms with E-state index in [9.17, 15) is 0 Å². The van der Waals surface area contributed by atoms with Gasteiger partial charge in [-0.2, -0.15) is 0 Å². The highest BCUT2D eigenvalue weighted by molar-refractivity contribution is 5.54. The molecule has 0 aromatic carbocycles. The summed E-state index contributed by atoms with van der Waals surface area (Å²) in [5.74, 6) is 0. The van der Waals surface area contributed by atoms with Gasteiger partial charge in [0.1, 0.15) is 5.65 Å². The fraction of sp³-hybridized carbons (Fsp3) is 0.438. The van der Waals surface area contributed by atoms with Crippen molar-refractivity contribution in [1.29, 1.82) is 0 Å². The van der Waals surface area contributed by atoms with Crippen molar-refractivity contribution >= 4 is 11.7 Å². The average molecular weight is 257 g/mol. The molecule has 0 amide bonds. The Bertz CT molecular complexity index is 540. The van der Waals surface area contributed by atoms with Crippen LogP contribution in [0.15, 0.2) is 36.2 Å². The van der Waals surface area contributed by atoms with Crippen LogP contribution in [0.25, 0.3) is 11.7 Å². The van der Waals surface area contributed by atoms with Crippen LogP contribution in [0, 0.1) is 0 Å². The largest absolute Gasteiger partial charge is 0.308 e. The third-order valence-electron chi connectivity index (χ3n) is 3.03. The van der Waals surface area contributed by atoms with E-state index >= 15 is 0 Å². The number of hydrogen-bond donors (Lipinski definition) is 1.